The molecule has 3 aromatic rings. The standard InChI is InChI=1S/C28H32ClN3O5S/c1-20(2)30-28(34)21(3)31(18-22-11-10-12-23(17-22)37-4)27(33)19-32(26-16-9-8-15-25(26)29)38(35,36)24-13-6-5-7-14-24/h5-17,20-21H,18-19H2,1-4H3,(H,30,34)/t21-/m0/s1. The van der Waals surface area contributed by atoms with Gasteiger partial charge in [-0.3, -0.25) is 13.9 Å². The van der Waals surface area contributed by atoms with Crippen LogP contribution < -0.4 is 14.4 Å². The number of para-hydroxylation sites is 1. The Hall–Kier alpha value is -3.56. The van der Waals surface area contributed by atoms with Crippen molar-refractivity contribution in [1.29, 1.82) is 0 Å². The molecular formula is C28H32ClN3O5S. The van der Waals surface area contributed by atoms with Crippen LogP contribution in [0.15, 0.2) is 83.8 Å². The number of ether oxygens (including phenoxy) is 1. The lowest BCUT2D eigenvalue weighted by molar-refractivity contribution is -0.139. The third-order valence-electron chi connectivity index (χ3n) is 5.82. The number of amides is 2. The Kier molecular flexibility index (Phi) is 9.77. The first-order valence-corrected chi connectivity index (χ1v) is 13.9. The fraction of sp³-hybridized carbons (Fsp3) is 0.286. The molecule has 0 saturated carbocycles. The Morgan fingerprint density at radius 3 is 2.24 bits per heavy atom. The summed E-state index contributed by atoms with van der Waals surface area (Å²) in [6, 6.07) is 20.3. The van der Waals surface area contributed by atoms with E-state index in [4.69, 9.17) is 16.3 Å². The van der Waals surface area contributed by atoms with Crippen LogP contribution in [0.2, 0.25) is 5.02 Å². The molecule has 0 fully saturated rings. The number of carbonyl (C=O) groups is 2. The highest BCUT2D eigenvalue weighted by atomic mass is 35.5. The van der Waals surface area contributed by atoms with E-state index in [0.717, 1.165) is 9.87 Å². The third kappa shape index (κ3) is 7.05. The minimum absolute atomic E-state index is 0.0117. The van der Waals surface area contributed by atoms with Crippen molar-refractivity contribution in [3.63, 3.8) is 0 Å². The number of anilines is 1. The number of methoxy groups -OCH3 is 1. The van der Waals surface area contributed by atoms with Gasteiger partial charge in [-0.25, -0.2) is 8.42 Å². The average molecular weight is 558 g/mol. The van der Waals surface area contributed by atoms with Crippen molar-refractivity contribution in [1.82, 2.24) is 10.2 Å². The van der Waals surface area contributed by atoms with Crippen LogP contribution in [0.5, 0.6) is 5.75 Å². The van der Waals surface area contributed by atoms with E-state index in [1.807, 2.05) is 19.9 Å². The van der Waals surface area contributed by atoms with Crippen LogP contribution in [0.1, 0.15) is 26.3 Å². The summed E-state index contributed by atoms with van der Waals surface area (Å²) in [4.78, 5) is 28.2. The van der Waals surface area contributed by atoms with E-state index in [9.17, 15) is 18.0 Å². The number of benzene rings is 3. The van der Waals surface area contributed by atoms with E-state index in [0.29, 0.717) is 5.75 Å². The maximum absolute atomic E-state index is 13.9. The van der Waals surface area contributed by atoms with Crippen LogP contribution in [0, 0.1) is 0 Å². The lowest BCUT2D eigenvalue weighted by atomic mass is 10.1. The number of halogens is 1. The summed E-state index contributed by atoms with van der Waals surface area (Å²) in [6.45, 7) is 4.75. The van der Waals surface area contributed by atoms with Gasteiger partial charge < -0.3 is 15.0 Å². The van der Waals surface area contributed by atoms with Crippen molar-refractivity contribution in [3.05, 3.63) is 89.4 Å². The number of hydrogen-bond donors (Lipinski definition) is 1. The summed E-state index contributed by atoms with van der Waals surface area (Å²) >= 11 is 6.40. The van der Waals surface area contributed by atoms with Crippen LogP contribution in [0.4, 0.5) is 5.69 Å². The van der Waals surface area contributed by atoms with Crippen LogP contribution in [-0.4, -0.2) is 50.9 Å². The number of hydrogen-bond acceptors (Lipinski definition) is 5. The zero-order chi connectivity index (χ0) is 27.9. The minimum atomic E-state index is -4.17. The Morgan fingerprint density at radius 2 is 1.61 bits per heavy atom. The zero-order valence-electron chi connectivity index (χ0n) is 21.8. The smallest absolute Gasteiger partial charge is 0.264 e. The van der Waals surface area contributed by atoms with E-state index in [1.54, 1.807) is 61.5 Å². The summed E-state index contributed by atoms with van der Waals surface area (Å²) in [5.41, 5.74) is 0.879. The van der Waals surface area contributed by atoms with Crippen molar-refractivity contribution in [2.75, 3.05) is 18.0 Å². The van der Waals surface area contributed by atoms with Gasteiger partial charge in [0, 0.05) is 12.6 Å². The van der Waals surface area contributed by atoms with Gasteiger partial charge in [-0.15, -0.1) is 0 Å². The number of carbonyl (C=O) groups excluding carboxylic acids is 2. The van der Waals surface area contributed by atoms with Crippen LogP contribution in [0.25, 0.3) is 0 Å². The SMILES string of the molecule is COc1cccc(CN(C(=O)CN(c2ccccc2Cl)S(=O)(=O)c2ccccc2)[C@@H](C)C(=O)NC(C)C)c1. The van der Waals surface area contributed by atoms with Gasteiger partial charge in [0.2, 0.25) is 11.8 Å². The van der Waals surface area contributed by atoms with Crippen molar-refractivity contribution in [2.45, 2.75) is 44.3 Å². The molecule has 202 valence electrons. The number of nitrogens with zero attached hydrogens (tertiary/aromatic N) is 2. The first-order chi connectivity index (χ1) is 18.0. The van der Waals surface area contributed by atoms with Gasteiger partial charge in [-0.1, -0.05) is 54.1 Å². The molecule has 0 aliphatic carbocycles. The maximum atomic E-state index is 13.9. The van der Waals surface area contributed by atoms with E-state index >= 15 is 0 Å². The highest BCUT2D eigenvalue weighted by molar-refractivity contribution is 7.92. The predicted molar refractivity (Wildman–Crippen MR) is 149 cm³/mol. The van der Waals surface area contributed by atoms with Crippen LogP contribution in [-0.2, 0) is 26.2 Å². The number of sulfonamides is 1. The van der Waals surface area contributed by atoms with E-state index < -0.39 is 28.5 Å². The van der Waals surface area contributed by atoms with E-state index in [-0.39, 0.29) is 34.1 Å². The van der Waals surface area contributed by atoms with Gasteiger partial charge in [0.05, 0.1) is 22.7 Å². The van der Waals surface area contributed by atoms with Gasteiger partial charge in [-0.2, -0.15) is 0 Å². The van der Waals surface area contributed by atoms with Gasteiger partial charge >= 0.3 is 0 Å². The Morgan fingerprint density at radius 1 is 0.947 bits per heavy atom. The van der Waals surface area contributed by atoms with Crippen molar-refractivity contribution in [2.24, 2.45) is 0 Å². The van der Waals surface area contributed by atoms with Crippen molar-refractivity contribution in [3.8, 4) is 5.75 Å². The second kappa shape index (κ2) is 12.8. The Labute approximate surface area is 229 Å². The van der Waals surface area contributed by atoms with Crippen molar-refractivity contribution < 1.29 is 22.7 Å². The topological polar surface area (TPSA) is 96.0 Å². The molecule has 0 radical (unpaired) electrons. The summed E-state index contributed by atoms with van der Waals surface area (Å²) in [6.07, 6.45) is 0. The molecule has 0 bridgehead atoms. The third-order valence-corrected chi connectivity index (χ3v) is 7.91. The first-order valence-electron chi connectivity index (χ1n) is 12.1. The predicted octanol–water partition coefficient (Wildman–Crippen LogP) is 4.49. The minimum Gasteiger partial charge on any atom is -0.497 e. The average Bonchev–Trinajstić information content (AvgIpc) is 2.90. The molecule has 0 spiro atoms. The fourth-order valence-corrected chi connectivity index (χ4v) is 5.58. The second-order valence-corrected chi connectivity index (χ2v) is 11.3. The molecule has 10 heteroatoms. The molecule has 38 heavy (non-hydrogen) atoms. The van der Waals surface area contributed by atoms with E-state index in [1.165, 1.54) is 30.2 Å². The molecule has 1 atom stereocenters. The second-order valence-electron chi connectivity index (χ2n) is 8.99. The lowest BCUT2D eigenvalue weighted by Gasteiger charge is -2.32. The summed E-state index contributed by atoms with van der Waals surface area (Å²) in [5, 5.41) is 3.00. The largest absolute Gasteiger partial charge is 0.497 e. The molecule has 3 aromatic carbocycles. The number of nitrogens with one attached hydrogen (secondary N) is 1. The van der Waals surface area contributed by atoms with Crippen LogP contribution >= 0.6 is 11.6 Å². The highest BCUT2D eigenvalue weighted by Gasteiger charge is 2.33. The highest BCUT2D eigenvalue weighted by Crippen LogP contribution is 2.30. The summed E-state index contributed by atoms with van der Waals surface area (Å²) in [7, 11) is -2.63. The van der Waals surface area contributed by atoms with Gasteiger partial charge in [0.15, 0.2) is 0 Å². The summed E-state index contributed by atoms with van der Waals surface area (Å²) in [5.74, 6) is -0.330. The molecule has 0 unspecified atom stereocenters. The van der Waals surface area contributed by atoms with E-state index in [2.05, 4.69) is 5.32 Å². The Balaban J connectivity index is 2.04. The molecule has 1 N–H and O–H groups in total. The molecule has 0 aromatic heterocycles. The fourth-order valence-electron chi connectivity index (χ4n) is 3.84. The molecule has 0 saturated heterocycles. The first kappa shape index (κ1) is 29.0. The maximum Gasteiger partial charge on any atom is 0.264 e. The molecule has 0 aliphatic rings. The lowest BCUT2D eigenvalue weighted by Crippen LogP contribution is -2.52. The van der Waals surface area contributed by atoms with Crippen LogP contribution in [0.3, 0.4) is 0 Å². The van der Waals surface area contributed by atoms with Gasteiger partial charge in [-0.05, 0) is 62.7 Å². The summed E-state index contributed by atoms with van der Waals surface area (Å²) < 4.78 is 33.8. The molecule has 0 aliphatic heterocycles. The molecule has 2 amide bonds. The quantitative estimate of drug-likeness (QED) is 0.375. The molecule has 8 nitrogen and oxygen atoms in total. The normalized spacial score (nSPS) is 12.1. The van der Waals surface area contributed by atoms with Gasteiger partial charge in [0.25, 0.3) is 10.0 Å². The Bertz CT molecular complexity index is 1370. The molecule has 0 heterocycles. The zero-order valence-corrected chi connectivity index (χ0v) is 23.4. The molecule has 3 rings (SSSR count). The van der Waals surface area contributed by atoms with Gasteiger partial charge in [0.1, 0.15) is 18.3 Å². The number of rotatable bonds is 11. The molecular weight excluding hydrogens is 526 g/mol. The van der Waals surface area contributed by atoms with Crippen molar-refractivity contribution >= 4 is 39.1 Å². The monoisotopic (exact) mass is 557 g/mol.